The molecule has 3 rings (SSSR count). The van der Waals surface area contributed by atoms with E-state index in [4.69, 9.17) is 5.26 Å². The first-order valence-corrected chi connectivity index (χ1v) is 7.22. The summed E-state index contributed by atoms with van der Waals surface area (Å²) in [5.41, 5.74) is 2.59. The van der Waals surface area contributed by atoms with Gasteiger partial charge in [0.15, 0.2) is 5.16 Å². The van der Waals surface area contributed by atoms with Gasteiger partial charge in [-0.25, -0.2) is 9.97 Å². The molecule has 0 fully saturated rings. The Morgan fingerprint density at radius 1 is 1.10 bits per heavy atom. The van der Waals surface area contributed by atoms with Gasteiger partial charge in [-0.05, 0) is 29.5 Å². The monoisotopic (exact) mass is 292 g/mol. The molecule has 0 spiro atoms. The summed E-state index contributed by atoms with van der Waals surface area (Å²) in [4.78, 5) is 8.70. The molecule has 0 aliphatic heterocycles. The first-order valence-electron chi connectivity index (χ1n) is 6.40. The number of nitrogens with zero attached hydrogens (tertiary/aromatic N) is 4. The quantitative estimate of drug-likeness (QED) is 0.741. The van der Waals surface area contributed by atoms with Gasteiger partial charge in [-0.15, -0.1) is 0 Å². The van der Waals surface area contributed by atoms with Crippen molar-refractivity contribution in [3.8, 4) is 17.3 Å². The SMILES string of the molecule is Cn1c(-c2ccccc2)cnc1Sc1cccc(C#N)n1. The highest BCUT2D eigenvalue weighted by atomic mass is 32.2. The van der Waals surface area contributed by atoms with Gasteiger partial charge in [0.05, 0.1) is 11.9 Å². The third-order valence-electron chi connectivity index (χ3n) is 3.05. The van der Waals surface area contributed by atoms with Crippen LogP contribution in [0, 0.1) is 11.3 Å². The van der Waals surface area contributed by atoms with Crippen LogP contribution < -0.4 is 0 Å². The second-order valence-electron chi connectivity index (χ2n) is 4.43. The molecule has 0 aliphatic rings. The molecule has 0 radical (unpaired) electrons. The second kappa shape index (κ2) is 5.81. The molecule has 4 nitrogen and oxygen atoms in total. The zero-order valence-electron chi connectivity index (χ0n) is 11.4. The lowest BCUT2D eigenvalue weighted by molar-refractivity contribution is 0.795. The maximum Gasteiger partial charge on any atom is 0.174 e. The van der Waals surface area contributed by atoms with Crippen LogP contribution in [0.3, 0.4) is 0 Å². The van der Waals surface area contributed by atoms with E-state index in [1.54, 1.807) is 6.07 Å². The number of rotatable bonds is 3. The van der Waals surface area contributed by atoms with E-state index in [2.05, 4.69) is 22.1 Å². The normalized spacial score (nSPS) is 10.3. The van der Waals surface area contributed by atoms with Gasteiger partial charge in [0.2, 0.25) is 0 Å². The van der Waals surface area contributed by atoms with Crippen LogP contribution in [0.4, 0.5) is 0 Å². The molecule has 0 saturated carbocycles. The van der Waals surface area contributed by atoms with Gasteiger partial charge in [0.1, 0.15) is 16.8 Å². The molecule has 0 bridgehead atoms. The van der Waals surface area contributed by atoms with Crippen molar-refractivity contribution < 1.29 is 0 Å². The minimum absolute atomic E-state index is 0.414. The average molecular weight is 292 g/mol. The Kier molecular flexibility index (Phi) is 3.71. The van der Waals surface area contributed by atoms with Crippen molar-refractivity contribution in [3.05, 3.63) is 60.4 Å². The fourth-order valence-electron chi connectivity index (χ4n) is 1.99. The summed E-state index contributed by atoms with van der Waals surface area (Å²) in [5.74, 6) is 0. The minimum atomic E-state index is 0.414. The van der Waals surface area contributed by atoms with Gasteiger partial charge < -0.3 is 4.57 Å². The smallest absolute Gasteiger partial charge is 0.174 e. The van der Waals surface area contributed by atoms with E-state index < -0.39 is 0 Å². The number of hydrogen-bond donors (Lipinski definition) is 0. The summed E-state index contributed by atoms with van der Waals surface area (Å²) in [6.07, 6.45) is 1.85. The number of nitriles is 1. The van der Waals surface area contributed by atoms with Gasteiger partial charge in [-0.2, -0.15) is 5.26 Å². The van der Waals surface area contributed by atoms with E-state index >= 15 is 0 Å². The first-order chi connectivity index (χ1) is 10.3. The Balaban J connectivity index is 1.91. The van der Waals surface area contributed by atoms with Crippen LogP contribution in [-0.4, -0.2) is 14.5 Å². The van der Waals surface area contributed by atoms with Crippen molar-refractivity contribution in [2.24, 2.45) is 7.05 Å². The Hall–Kier alpha value is -2.58. The standard InChI is InChI=1S/C16H12N4S/c1-20-14(12-6-3-2-4-7-12)11-18-16(20)21-15-9-5-8-13(10-17)19-15/h2-9,11H,1H3. The molecule has 0 unspecified atom stereocenters. The van der Waals surface area contributed by atoms with Crippen LogP contribution >= 0.6 is 11.8 Å². The van der Waals surface area contributed by atoms with Crippen LogP contribution in [0.15, 0.2) is 64.9 Å². The Bertz CT molecular complexity index is 803. The Morgan fingerprint density at radius 3 is 2.67 bits per heavy atom. The molecule has 0 saturated heterocycles. The molecule has 0 atom stereocenters. The maximum atomic E-state index is 8.89. The number of hydrogen-bond acceptors (Lipinski definition) is 4. The predicted molar refractivity (Wildman–Crippen MR) is 81.7 cm³/mol. The summed E-state index contributed by atoms with van der Waals surface area (Å²) in [7, 11) is 1.98. The summed E-state index contributed by atoms with van der Waals surface area (Å²) in [5, 5.41) is 10.5. The zero-order chi connectivity index (χ0) is 14.7. The van der Waals surface area contributed by atoms with Crippen molar-refractivity contribution >= 4 is 11.8 Å². The minimum Gasteiger partial charge on any atom is -0.322 e. The van der Waals surface area contributed by atoms with E-state index in [1.165, 1.54) is 11.8 Å². The van der Waals surface area contributed by atoms with Crippen LogP contribution in [0.25, 0.3) is 11.3 Å². The van der Waals surface area contributed by atoms with Crippen LogP contribution in [-0.2, 0) is 7.05 Å². The third kappa shape index (κ3) is 2.81. The van der Waals surface area contributed by atoms with E-state index in [0.29, 0.717) is 5.69 Å². The highest BCUT2D eigenvalue weighted by Gasteiger charge is 2.10. The molecule has 0 N–H and O–H groups in total. The summed E-state index contributed by atoms with van der Waals surface area (Å²) in [6.45, 7) is 0. The van der Waals surface area contributed by atoms with Gasteiger partial charge in [-0.1, -0.05) is 36.4 Å². The average Bonchev–Trinajstić information content (AvgIpc) is 2.89. The second-order valence-corrected chi connectivity index (χ2v) is 5.41. The fraction of sp³-hybridized carbons (Fsp3) is 0.0625. The topological polar surface area (TPSA) is 54.5 Å². The molecular formula is C16H12N4S. The van der Waals surface area contributed by atoms with Crippen molar-refractivity contribution in [1.29, 1.82) is 5.26 Å². The molecule has 1 aromatic carbocycles. The highest BCUT2D eigenvalue weighted by molar-refractivity contribution is 7.99. The number of pyridine rings is 1. The Labute approximate surface area is 127 Å². The van der Waals surface area contributed by atoms with Crippen LogP contribution in [0.2, 0.25) is 0 Å². The lowest BCUT2D eigenvalue weighted by atomic mass is 10.2. The largest absolute Gasteiger partial charge is 0.322 e. The van der Waals surface area contributed by atoms with E-state index in [1.807, 2.05) is 54.2 Å². The molecule has 0 aliphatic carbocycles. The van der Waals surface area contributed by atoms with Crippen molar-refractivity contribution in [2.75, 3.05) is 0 Å². The molecule has 2 aromatic heterocycles. The van der Waals surface area contributed by atoms with Crippen molar-refractivity contribution in [3.63, 3.8) is 0 Å². The molecular weight excluding hydrogens is 280 g/mol. The summed E-state index contributed by atoms with van der Waals surface area (Å²) < 4.78 is 2.03. The molecule has 0 amide bonds. The van der Waals surface area contributed by atoms with Crippen molar-refractivity contribution in [1.82, 2.24) is 14.5 Å². The highest BCUT2D eigenvalue weighted by Crippen LogP contribution is 2.28. The molecule has 3 aromatic rings. The molecule has 21 heavy (non-hydrogen) atoms. The Morgan fingerprint density at radius 2 is 1.90 bits per heavy atom. The lowest BCUT2D eigenvalue weighted by Crippen LogP contribution is -1.94. The van der Waals surface area contributed by atoms with Gasteiger partial charge in [0, 0.05) is 7.05 Å². The lowest BCUT2D eigenvalue weighted by Gasteiger charge is -2.05. The number of aromatic nitrogens is 3. The van der Waals surface area contributed by atoms with Gasteiger partial charge >= 0.3 is 0 Å². The molecule has 2 heterocycles. The van der Waals surface area contributed by atoms with E-state index in [-0.39, 0.29) is 0 Å². The summed E-state index contributed by atoms with van der Waals surface area (Å²) in [6, 6.07) is 17.6. The maximum absolute atomic E-state index is 8.89. The number of benzene rings is 1. The van der Waals surface area contributed by atoms with Gasteiger partial charge in [-0.3, -0.25) is 0 Å². The van der Waals surface area contributed by atoms with Crippen LogP contribution in [0.5, 0.6) is 0 Å². The zero-order valence-corrected chi connectivity index (χ0v) is 12.2. The molecule has 5 heteroatoms. The third-order valence-corrected chi connectivity index (χ3v) is 4.05. The van der Waals surface area contributed by atoms with Crippen LogP contribution in [0.1, 0.15) is 5.69 Å². The van der Waals surface area contributed by atoms with Gasteiger partial charge in [0.25, 0.3) is 0 Å². The van der Waals surface area contributed by atoms with Crippen molar-refractivity contribution in [2.45, 2.75) is 10.2 Å². The fourth-order valence-corrected chi connectivity index (χ4v) is 2.81. The van der Waals surface area contributed by atoms with E-state index in [0.717, 1.165) is 21.4 Å². The number of imidazole rings is 1. The first kappa shape index (κ1) is 13.4. The summed E-state index contributed by atoms with van der Waals surface area (Å²) >= 11 is 1.45. The molecule has 102 valence electrons. The predicted octanol–water partition coefficient (Wildman–Crippen LogP) is 3.50. The van der Waals surface area contributed by atoms with E-state index in [9.17, 15) is 0 Å².